The summed E-state index contributed by atoms with van der Waals surface area (Å²) in [5, 5.41) is 7.36. The summed E-state index contributed by atoms with van der Waals surface area (Å²) in [7, 11) is 0. The Morgan fingerprint density at radius 1 is 1.13 bits per heavy atom. The Kier molecular flexibility index (Phi) is 4.86. The van der Waals surface area contributed by atoms with Crippen molar-refractivity contribution in [3.63, 3.8) is 0 Å². The smallest absolute Gasteiger partial charge is 0.255 e. The van der Waals surface area contributed by atoms with Crippen molar-refractivity contribution in [1.29, 1.82) is 0 Å². The minimum absolute atomic E-state index is 0.215. The van der Waals surface area contributed by atoms with Crippen LogP contribution in [-0.2, 0) is 12.8 Å². The normalized spacial score (nSPS) is 13.7. The maximum absolute atomic E-state index is 12.8. The highest BCUT2D eigenvalue weighted by molar-refractivity contribution is 5.95. The van der Waals surface area contributed by atoms with Gasteiger partial charge in [-0.1, -0.05) is 24.3 Å². The van der Waals surface area contributed by atoms with Gasteiger partial charge in [-0.3, -0.25) is 4.79 Å². The van der Waals surface area contributed by atoms with Crippen LogP contribution < -0.4 is 5.32 Å². The lowest BCUT2D eigenvalue weighted by Crippen LogP contribution is -2.26. The van der Waals surface area contributed by atoms with Gasteiger partial charge in [-0.05, 0) is 56.4 Å². The zero-order chi connectivity index (χ0) is 21.4. The second-order valence-electron chi connectivity index (χ2n) is 7.82. The van der Waals surface area contributed by atoms with Gasteiger partial charge in [0.15, 0.2) is 0 Å². The Balaban J connectivity index is 1.47. The summed E-state index contributed by atoms with van der Waals surface area (Å²) in [6.45, 7) is 3.73. The van der Waals surface area contributed by atoms with E-state index >= 15 is 0 Å². The van der Waals surface area contributed by atoms with E-state index in [9.17, 15) is 4.79 Å². The molecule has 7 nitrogen and oxygen atoms in total. The van der Waals surface area contributed by atoms with Crippen molar-refractivity contribution in [3.05, 3.63) is 83.2 Å². The number of amides is 1. The number of carbonyl (C=O) groups excluding carboxylic acids is 1. The van der Waals surface area contributed by atoms with Gasteiger partial charge in [-0.25, -0.2) is 14.6 Å². The van der Waals surface area contributed by atoms with Gasteiger partial charge in [0.05, 0.1) is 35.5 Å². The molecule has 3 aromatic heterocycles. The highest BCUT2D eigenvalue weighted by Gasteiger charge is 2.21. The predicted octanol–water partition coefficient (Wildman–Crippen LogP) is 4.21. The molecule has 5 rings (SSSR count). The molecule has 0 fully saturated rings. The molecule has 0 saturated carbocycles. The molecule has 0 bridgehead atoms. The van der Waals surface area contributed by atoms with Gasteiger partial charge in [0, 0.05) is 11.8 Å². The van der Waals surface area contributed by atoms with Crippen molar-refractivity contribution in [3.8, 4) is 17.2 Å². The van der Waals surface area contributed by atoms with Crippen molar-refractivity contribution < 1.29 is 9.21 Å². The van der Waals surface area contributed by atoms with E-state index in [1.165, 1.54) is 5.56 Å². The van der Waals surface area contributed by atoms with Crippen molar-refractivity contribution in [2.24, 2.45) is 0 Å². The zero-order valence-corrected chi connectivity index (χ0v) is 17.5. The maximum atomic E-state index is 12.8. The van der Waals surface area contributed by atoms with E-state index < -0.39 is 0 Å². The minimum Gasteiger partial charge on any atom is -0.467 e. The lowest BCUT2D eigenvalue weighted by Gasteiger charge is -2.12. The van der Waals surface area contributed by atoms with Crippen molar-refractivity contribution in [2.45, 2.75) is 39.2 Å². The third-order valence-electron chi connectivity index (χ3n) is 5.78. The van der Waals surface area contributed by atoms with Crippen LogP contribution in [0.15, 0.2) is 59.5 Å². The molecule has 156 valence electrons. The summed E-state index contributed by atoms with van der Waals surface area (Å²) >= 11 is 0. The topological polar surface area (TPSA) is 85.8 Å². The number of benzene rings is 1. The molecule has 1 N–H and O–H groups in total. The number of furan rings is 1. The number of aromatic nitrogens is 4. The third kappa shape index (κ3) is 3.52. The molecule has 0 radical (unpaired) electrons. The Labute approximate surface area is 180 Å². The van der Waals surface area contributed by atoms with Crippen LogP contribution in [0.4, 0.5) is 0 Å². The Morgan fingerprint density at radius 3 is 2.81 bits per heavy atom. The summed E-state index contributed by atoms with van der Waals surface area (Å²) in [5.74, 6) is 0.949. The van der Waals surface area contributed by atoms with Crippen LogP contribution in [0.25, 0.3) is 17.2 Å². The molecule has 1 amide bonds. The lowest BCUT2D eigenvalue weighted by atomic mass is 10.0. The molecule has 0 saturated heterocycles. The number of aryl methyl sites for hydroxylation is 2. The first kappa shape index (κ1) is 19.2. The van der Waals surface area contributed by atoms with Crippen molar-refractivity contribution in [1.82, 2.24) is 25.1 Å². The molecule has 1 aliphatic carbocycles. The van der Waals surface area contributed by atoms with Crippen molar-refractivity contribution in [2.75, 3.05) is 0 Å². The number of nitrogens with one attached hydrogen (secondary N) is 1. The second-order valence-corrected chi connectivity index (χ2v) is 7.82. The number of carbonyl (C=O) groups is 1. The zero-order valence-electron chi connectivity index (χ0n) is 17.5. The van der Waals surface area contributed by atoms with Crippen LogP contribution in [0.5, 0.6) is 0 Å². The Morgan fingerprint density at radius 2 is 1.97 bits per heavy atom. The van der Waals surface area contributed by atoms with Gasteiger partial charge in [0.2, 0.25) is 0 Å². The van der Waals surface area contributed by atoms with Crippen LogP contribution in [0.3, 0.4) is 0 Å². The van der Waals surface area contributed by atoms with Gasteiger partial charge < -0.3 is 9.73 Å². The number of hydrogen-bond donors (Lipinski definition) is 1. The summed E-state index contributed by atoms with van der Waals surface area (Å²) in [6, 6.07) is 11.8. The molecule has 0 spiro atoms. The molecule has 3 heterocycles. The third-order valence-corrected chi connectivity index (χ3v) is 5.78. The fraction of sp³-hybridized carbons (Fsp3) is 0.250. The van der Waals surface area contributed by atoms with E-state index in [4.69, 9.17) is 9.40 Å². The molecular weight excluding hydrogens is 390 g/mol. The van der Waals surface area contributed by atoms with E-state index in [-0.39, 0.29) is 11.9 Å². The molecular formula is C24H23N5O2. The summed E-state index contributed by atoms with van der Waals surface area (Å²) < 4.78 is 7.00. The van der Waals surface area contributed by atoms with E-state index in [0.29, 0.717) is 23.0 Å². The second kappa shape index (κ2) is 7.83. The number of nitrogens with zero attached hydrogens (tertiary/aromatic N) is 4. The lowest BCUT2D eigenvalue weighted by molar-refractivity contribution is 0.0934. The molecule has 1 atom stereocenters. The maximum Gasteiger partial charge on any atom is 0.255 e. The highest BCUT2D eigenvalue weighted by Crippen LogP contribution is 2.31. The molecule has 4 aromatic rings. The van der Waals surface area contributed by atoms with E-state index in [1.807, 2.05) is 32.2 Å². The first-order valence-electron chi connectivity index (χ1n) is 10.5. The summed E-state index contributed by atoms with van der Waals surface area (Å²) in [5.41, 5.74) is 5.71. The Bertz CT molecular complexity index is 1240. The molecule has 0 aliphatic heterocycles. The highest BCUT2D eigenvalue weighted by atomic mass is 16.3. The summed E-state index contributed by atoms with van der Waals surface area (Å²) in [4.78, 5) is 22.2. The van der Waals surface area contributed by atoms with Gasteiger partial charge >= 0.3 is 0 Å². The van der Waals surface area contributed by atoms with Crippen LogP contribution in [0.2, 0.25) is 0 Å². The van der Waals surface area contributed by atoms with E-state index in [2.05, 4.69) is 33.6 Å². The van der Waals surface area contributed by atoms with Crippen LogP contribution in [0.1, 0.15) is 52.3 Å². The molecule has 0 unspecified atom stereocenters. The fourth-order valence-electron chi connectivity index (χ4n) is 4.07. The van der Waals surface area contributed by atoms with Gasteiger partial charge in [0.1, 0.15) is 5.76 Å². The van der Waals surface area contributed by atoms with E-state index in [0.717, 1.165) is 36.1 Å². The van der Waals surface area contributed by atoms with Gasteiger partial charge in [-0.15, -0.1) is 0 Å². The largest absolute Gasteiger partial charge is 0.467 e. The van der Waals surface area contributed by atoms with Gasteiger partial charge in [0.25, 0.3) is 11.9 Å². The quantitative estimate of drug-likeness (QED) is 0.542. The number of rotatable bonds is 4. The summed E-state index contributed by atoms with van der Waals surface area (Å²) in [6.07, 6.45) is 8.09. The average Bonchev–Trinajstić information content (AvgIpc) is 3.41. The van der Waals surface area contributed by atoms with Gasteiger partial charge in [-0.2, -0.15) is 5.10 Å². The Hall–Kier alpha value is -3.74. The monoisotopic (exact) mass is 413 g/mol. The molecule has 1 aliphatic rings. The molecule has 1 aromatic carbocycles. The molecule has 31 heavy (non-hydrogen) atoms. The average molecular weight is 413 g/mol. The first-order chi connectivity index (χ1) is 15.1. The number of hydrogen-bond acceptors (Lipinski definition) is 5. The SMILES string of the molecule is Cc1c(C(=O)N[C@@H](C)c2ccco2)cnn1-c1ncc2c(n1)-c1ccccc1CCC2. The van der Waals surface area contributed by atoms with Crippen LogP contribution >= 0.6 is 0 Å². The van der Waals surface area contributed by atoms with Crippen molar-refractivity contribution >= 4 is 5.91 Å². The number of fused-ring (bicyclic) bond motifs is 3. The standard InChI is InChI=1S/C24H23N5O2/c1-15(21-11-6-12-31-21)27-23(30)20-14-26-29(16(20)2)24-25-13-18-9-5-8-17-7-3-4-10-19(17)22(18)28-24/h3-4,6-7,10-15H,5,8-9H2,1-2H3,(H,27,30)/t15-/m0/s1. The van der Waals surface area contributed by atoms with E-state index in [1.54, 1.807) is 23.2 Å². The van der Waals surface area contributed by atoms with Crippen LogP contribution in [-0.4, -0.2) is 25.7 Å². The van der Waals surface area contributed by atoms with Crippen LogP contribution in [0, 0.1) is 6.92 Å². The fourth-order valence-corrected chi connectivity index (χ4v) is 4.07. The molecule has 7 heteroatoms. The first-order valence-corrected chi connectivity index (χ1v) is 10.5. The predicted molar refractivity (Wildman–Crippen MR) is 116 cm³/mol. The minimum atomic E-state index is -0.245.